The lowest BCUT2D eigenvalue weighted by atomic mass is 10.2. The van der Waals surface area contributed by atoms with E-state index in [1.165, 1.54) is 32.4 Å². The topological polar surface area (TPSA) is 103 Å². The number of alkyl halides is 2. The summed E-state index contributed by atoms with van der Waals surface area (Å²) >= 11 is 0. The van der Waals surface area contributed by atoms with Gasteiger partial charge in [0.2, 0.25) is 0 Å². The molecule has 0 aliphatic carbocycles. The maximum Gasteiger partial charge on any atom is 0.277 e. The highest BCUT2D eigenvalue weighted by Gasteiger charge is 2.27. The minimum absolute atomic E-state index is 0.113. The van der Waals surface area contributed by atoms with Crippen LogP contribution in [0.25, 0.3) is 0 Å². The molecule has 9 heteroatoms. The van der Waals surface area contributed by atoms with E-state index in [1.54, 1.807) is 0 Å². The van der Waals surface area contributed by atoms with E-state index in [-0.39, 0.29) is 29.6 Å². The molecule has 1 rings (SSSR count). The van der Waals surface area contributed by atoms with Crippen LogP contribution >= 0.6 is 0 Å². The summed E-state index contributed by atoms with van der Waals surface area (Å²) in [6.07, 6.45) is 0. The van der Waals surface area contributed by atoms with Crippen LogP contribution < -0.4 is 25.8 Å². The van der Waals surface area contributed by atoms with Crippen LogP contribution in [0.4, 0.5) is 8.78 Å². The summed E-state index contributed by atoms with van der Waals surface area (Å²) in [5, 5.41) is 4.48. The fourth-order valence-electron chi connectivity index (χ4n) is 1.53. The molecule has 0 heterocycles. The van der Waals surface area contributed by atoms with Crippen molar-refractivity contribution in [3.8, 4) is 11.5 Å². The van der Waals surface area contributed by atoms with Gasteiger partial charge in [0.1, 0.15) is 0 Å². The van der Waals surface area contributed by atoms with Gasteiger partial charge in [-0.15, -0.1) is 0 Å². The first-order valence-corrected chi connectivity index (χ1v) is 6.70. The number of benzene rings is 1. The van der Waals surface area contributed by atoms with Gasteiger partial charge in [-0.1, -0.05) is 0 Å². The number of hydrogen-bond donors (Lipinski definition) is 3. The smallest absolute Gasteiger partial charge is 0.277 e. The first-order valence-electron chi connectivity index (χ1n) is 6.70. The number of amides is 2. The Morgan fingerprint density at radius 3 is 2.57 bits per heavy atom. The molecule has 23 heavy (non-hydrogen) atoms. The van der Waals surface area contributed by atoms with Crippen LogP contribution in [0.15, 0.2) is 18.2 Å². The Labute approximate surface area is 132 Å². The van der Waals surface area contributed by atoms with Gasteiger partial charge in [0.05, 0.1) is 20.2 Å². The van der Waals surface area contributed by atoms with E-state index in [4.69, 9.17) is 15.2 Å². The largest absolute Gasteiger partial charge is 0.493 e. The predicted molar refractivity (Wildman–Crippen MR) is 78.9 cm³/mol. The Balaban J connectivity index is 2.78. The minimum Gasteiger partial charge on any atom is -0.493 e. The van der Waals surface area contributed by atoms with E-state index >= 15 is 0 Å². The average molecular weight is 331 g/mol. The Morgan fingerprint density at radius 2 is 2.00 bits per heavy atom. The van der Waals surface area contributed by atoms with Gasteiger partial charge in [-0.2, -0.15) is 0 Å². The van der Waals surface area contributed by atoms with E-state index in [1.807, 2.05) is 0 Å². The van der Waals surface area contributed by atoms with Crippen molar-refractivity contribution in [3.63, 3.8) is 0 Å². The zero-order chi connectivity index (χ0) is 17.5. The highest BCUT2D eigenvalue weighted by Crippen LogP contribution is 2.28. The first kappa shape index (κ1) is 18.6. The number of rotatable bonds is 8. The van der Waals surface area contributed by atoms with Gasteiger partial charge >= 0.3 is 0 Å². The number of halogens is 2. The molecule has 0 fully saturated rings. The zero-order valence-electron chi connectivity index (χ0n) is 12.8. The Morgan fingerprint density at radius 1 is 1.30 bits per heavy atom. The number of nitrogens with one attached hydrogen (secondary N) is 2. The third kappa shape index (κ3) is 5.70. The van der Waals surface area contributed by atoms with Crippen molar-refractivity contribution in [2.45, 2.75) is 5.92 Å². The van der Waals surface area contributed by atoms with Gasteiger partial charge in [0, 0.05) is 12.6 Å². The highest BCUT2D eigenvalue weighted by molar-refractivity contribution is 5.95. The maximum absolute atomic E-state index is 13.0. The van der Waals surface area contributed by atoms with Crippen molar-refractivity contribution >= 4 is 11.8 Å². The molecule has 4 N–H and O–H groups in total. The second-order valence-corrected chi connectivity index (χ2v) is 4.57. The molecule has 0 spiro atoms. The first-order chi connectivity index (χ1) is 10.8. The van der Waals surface area contributed by atoms with Gasteiger partial charge in [-0.25, -0.2) is 8.78 Å². The third-order valence-corrected chi connectivity index (χ3v) is 2.87. The molecule has 2 amide bonds. The SMILES string of the molecule is CNC(=O)COc1ccc(C(=O)NCC(F)(F)CN)cc1OC. The lowest BCUT2D eigenvalue weighted by Gasteiger charge is -2.15. The van der Waals surface area contributed by atoms with Crippen molar-refractivity contribution in [1.82, 2.24) is 10.6 Å². The number of methoxy groups -OCH3 is 1. The molecule has 0 unspecified atom stereocenters. The van der Waals surface area contributed by atoms with Crippen molar-refractivity contribution in [1.29, 1.82) is 0 Å². The zero-order valence-corrected chi connectivity index (χ0v) is 12.8. The van der Waals surface area contributed by atoms with Gasteiger partial charge < -0.3 is 25.8 Å². The van der Waals surface area contributed by atoms with Crippen LogP contribution in [-0.4, -0.2) is 51.6 Å². The molecule has 0 radical (unpaired) electrons. The van der Waals surface area contributed by atoms with Crippen LogP contribution in [-0.2, 0) is 4.79 Å². The van der Waals surface area contributed by atoms with Gasteiger partial charge in [-0.05, 0) is 18.2 Å². The van der Waals surface area contributed by atoms with Crippen molar-refractivity contribution in [2.75, 3.05) is 33.9 Å². The minimum atomic E-state index is -3.17. The number of ether oxygens (including phenoxy) is 2. The summed E-state index contributed by atoms with van der Waals surface area (Å²) in [5.41, 5.74) is 5.01. The summed E-state index contributed by atoms with van der Waals surface area (Å²) in [5.74, 6) is -3.75. The standard InChI is InChI=1S/C14H19F2N3O4/c1-18-12(20)6-23-10-4-3-9(5-11(10)22-2)13(21)19-8-14(15,16)7-17/h3-5H,6-8,17H2,1-2H3,(H,18,20)(H,19,21). The van der Waals surface area contributed by atoms with E-state index < -0.39 is 24.9 Å². The molecule has 0 aliphatic heterocycles. The second kappa shape index (κ2) is 8.28. The number of likely N-dealkylation sites (N-methyl/N-ethyl adjacent to an activating group) is 1. The monoisotopic (exact) mass is 331 g/mol. The lowest BCUT2D eigenvalue weighted by Crippen LogP contribution is -2.41. The second-order valence-electron chi connectivity index (χ2n) is 4.57. The number of carbonyl (C=O) groups is 2. The summed E-state index contributed by atoms with van der Waals surface area (Å²) < 4.78 is 36.4. The summed E-state index contributed by atoms with van der Waals surface area (Å²) in [7, 11) is 2.82. The molecule has 0 aromatic heterocycles. The molecular weight excluding hydrogens is 312 g/mol. The molecule has 0 saturated carbocycles. The Bertz CT molecular complexity index is 567. The van der Waals surface area contributed by atoms with E-state index in [0.717, 1.165) is 0 Å². The predicted octanol–water partition coefficient (Wildman–Crippen LogP) is 0.144. The average Bonchev–Trinajstić information content (AvgIpc) is 2.57. The third-order valence-electron chi connectivity index (χ3n) is 2.87. The van der Waals surface area contributed by atoms with Crippen LogP contribution in [0.2, 0.25) is 0 Å². The number of hydrogen-bond acceptors (Lipinski definition) is 5. The van der Waals surface area contributed by atoms with Gasteiger partial charge in [0.25, 0.3) is 17.7 Å². The van der Waals surface area contributed by atoms with Crippen molar-refractivity contribution in [2.24, 2.45) is 5.73 Å². The molecule has 0 atom stereocenters. The molecule has 1 aromatic carbocycles. The van der Waals surface area contributed by atoms with E-state index in [9.17, 15) is 18.4 Å². The molecule has 7 nitrogen and oxygen atoms in total. The normalized spacial score (nSPS) is 10.8. The molecular formula is C14H19F2N3O4. The highest BCUT2D eigenvalue weighted by atomic mass is 19.3. The molecule has 1 aromatic rings. The van der Waals surface area contributed by atoms with Crippen LogP contribution in [0.1, 0.15) is 10.4 Å². The van der Waals surface area contributed by atoms with Gasteiger partial charge in [0.15, 0.2) is 18.1 Å². The van der Waals surface area contributed by atoms with Crippen molar-refractivity contribution in [3.05, 3.63) is 23.8 Å². The lowest BCUT2D eigenvalue weighted by molar-refractivity contribution is -0.122. The quantitative estimate of drug-likeness (QED) is 0.629. The fourth-order valence-corrected chi connectivity index (χ4v) is 1.53. The van der Waals surface area contributed by atoms with Crippen LogP contribution in [0, 0.1) is 0 Å². The summed E-state index contributed by atoms with van der Waals surface area (Å²) in [6, 6.07) is 4.12. The molecule has 0 bridgehead atoms. The van der Waals surface area contributed by atoms with Crippen LogP contribution in [0.3, 0.4) is 0 Å². The number of carbonyl (C=O) groups excluding carboxylic acids is 2. The number of nitrogens with two attached hydrogens (primary N) is 1. The Hall–Kier alpha value is -2.42. The molecule has 128 valence electrons. The van der Waals surface area contributed by atoms with Crippen molar-refractivity contribution < 1.29 is 27.8 Å². The van der Waals surface area contributed by atoms with E-state index in [2.05, 4.69) is 10.6 Å². The van der Waals surface area contributed by atoms with E-state index in [0.29, 0.717) is 0 Å². The summed E-state index contributed by atoms with van der Waals surface area (Å²) in [4.78, 5) is 23.0. The summed E-state index contributed by atoms with van der Waals surface area (Å²) in [6.45, 7) is -1.94. The maximum atomic E-state index is 13.0. The Kier molecular flexibility index (Phi) is 6.70. The molecule has 0 aliphatic rings. The van der Waals surface area contributed by atoms with Gasteiger partial charge in [-0.3, -0.25) is 9.59 Å². The fraction of sp³-hybridized carbons (Fsp3) is 0.429. The van der Waals surface area contributed by atoms with Crippen LogP contribution in [0.5, 0.6) is 11.5 Å². The molecule has 0 saturated heterocycles.